The molecule has 106 valence electrons. The van der Waals surface area contributed by atoms with Gasteiger partial charge in [-0.2, -0.15) is 5.10 Å². The fraction of sp³-hybridized carbons (Fsp3) is 0.286. The van der Waals surface area contributed by atoms with Gasteiger partial charge in [0.05, 0.1) is 12.2 Å². The van der Waals surface area contributed by atoms with Crippen molar-refractivity contribution in [1.29, 1.82) is 0 Å². The Morgan fingerprint density at radius 2 is 2.05 bits per heavy atom. The Hall–Kier alpha value is -1.82. The predicted molar refractivity (Wildman–Crippen MR) is 81.2 cm³/mol. The molecule has 1 aromatic carbocycles. The molecule has 1 aromatic heterocycles. The summed E-state index contributed by atoms with van der Waals surface area (Å²) < 4.78 is 2.77. The third-order valence-corrected chi connectivity index (χ3v) is 4.20. The van der Waals surface area contributed by atoms with E-state index in [1.807, 2.05) is 38.2 Å². The van der Waals surface area contributed by atoms with Crippen LogP contribution in [0.1, 0.15) is 16.8 Å². The van der Waals surface area contributed by atoms with Crippen LogP contribution >= 0.6 is 15.9 Å². The molecule has 0 saturated heterocycles. The number of hydrogen-bond acceptors (Lipinski definition) is 2. The Balaban J connectivity index is 1.83. The molecule has 2 N–H and O–H groups in total. The molecular formula is C14H17BrN4O. The second kappa shape index (κ2) is 6.56. The lowest BCUT2D eigenvalue weighted by Gasteiger charge is -2.10. The van der Waals surface area contributed by atoms with Crippen LogP contribution in [0.4, 0.5) is 4.79 Å². The number of carbonyl (C=O) groups is 1. The number of nitrogens with one attached hydrogen (secondary N) is 2. The summed E-state index contributed by atoms with van der Waals surface area (Å²) >= 11 is 3.53. The second-order valence-corrected chi connectivity index (χ2v) is 5.32. The molecule has 0 fully saturated rings. The van der Waals surface area contributed by atoms with E-state index in [0.29, 0.717) is 13.1 Å². The Morgan fingerprint density at radius 1 is 1.30 bits per heavy atom. The van der Waals surface area contributed by atoms with E-state index in [-0.39, 0.29) is 6.03 Å². The lowest BCUT2D eigenvalue weighted by atomic mass is 10.1. The smallest absolute Gasteiger partial charge is 0.315 e. The molecule has 0 unspecified atom stereocenters. The van der Waals surface area contributed by atoms with Crippen molar-refractivity contribution in [3.05, 3.63) is 51.8 Å². The number of hydrogen-bond donors (Lipinski definition) is 2. The molecule has 0 atom stereocenters. The summed E-state index contributed by atoms with van der Waals surface area (Å²) in [7, 11) is 1.85. The summed E-state index contributed by atoms with van der Waals surface area (Å²) in [6.45, 7) is 2.97. The van der Waals surface area contributed by atoms with Crippen LogP contribution in [-0.4, -0.2) is 15.8 Å². The van der Waals surface area contributed by atoms with Gasteiger partial charge in [0.2, 0.25) is 0 Å². The normalized spacial score (nSPS) is 10.3. The summed E-state index contributed by atoms with van der Waals surface area (Å²) in [5.74, 6) is 0. The van der Waals surface area contributed by atoms with Crippen LogP contribution in [0.3, 0.4) is 0 Å². The predicted octanol–water partition coefficient (Wildman–Crippen LogP) is 2.49. The number of urea groups is 1. The standard InChI is InChI=1S/C14H17BrN4O/c1-10-4-3-5-11(13(10)15)8-16-14(20)17-9-12-6-7-18-19(12)2/h3-7H,8-9H2,1-2H3,(H2,16,17,20). The van der Waals surface area contributed by atoms with Gasteiger partial charge >= 0.3 is 6.03 Å². The molecule has 2 aromatic rings. The SMILES string of the molecule is Cc1cccc(CNC(=O)NCc2ccnn2C)c1Br. The zero-order chi connectivity index (χ0) is 14.5. The number of aryl methyl sites for hydroxylation is 2. The molecule has 0 aliphatic carbocycles. The second-order valence-electron chi connectivity index (χ2n) is 4.53. The molecule has 0 spiro atoms. The molecule has 6 heteroatoms. The molecule has 1 heterocycles. The summed E-state index contributed by atoms with van der Waals surface area (Å²) in [6.07, 6.45) is 1.71. The Kier molecular flexibility index (Phi) is 4.79. The van der Waals surface area contributed by atoms with Crippen molar-refractivity contribution in [3.63, 3.8) is 0 Å². The Morgan fingerprint density at radius 3 is 2.75 bits per heavy atom. The minimum absolute atomic E-state index is 0.195. The first-order chi connectivity index (χ1) is 9.58. The monoisotopic (exact) mass is 336 g/mol. The van der Waals surface area contributed by atoms with E-state index < -0.39 is 0 Å². The average Bonchev–Trinajstić information content (AvgIpc) is 2.83. The summed E-state index contributed by atoms with van der Waals surface area (Å²) in [4.78, 5) is 11.8. The van der Waals surface area contributed by atoms with Gasteiger partial charge in [-0.1, -0.05) is 34.1 Å². The van der Waals surface area contributed by atoms with Gasteiger partial charge in [-0.25, -0.2) is 4.79 Å². The molecule has 2 amide bonds. The van der Waals surface area contributed by atoms with Crippen LogP contribution in [0.15, 0.2) is 34.9 Å². The lowest BCUT2D eigenvalue weighted by Crippen LogP contribution is -2.35. The highest BCUT2D eigenvalue weighted by Gasteiger charge is 2.06. The van der Waals surface area contributed by atoms with Crippen molar-refractivity contribution in [1.82, 2.24) is 20.4 Å². The van der Waals surface area contributed by atoms with Crippen molar-refractivity contribution in [2.24, 2.45) is 7.05 Å². The van der Waals surface area contributed by atoms with Gasteiger partial charge in [-0.15, -0.1) is 0 Å². The van der Waals surface area contributed by atoms with E-state index >= 15 is 0 Å². The first kappa shape index (κ1) is 14.6. The summed E-state index contributed by atoms with van der Waals surface area (Å²) in [5, 5.41) is 9.69. The van der Waals surface area contributed by atoms with Gasteiger partial charge in [0, 0.05) is 24.3 Å². The van der Waals surface area contributed by atoms with Gasteiger partial charge in [0.25, 0.3) is 0 Å². The molecule has 0 aliphatic heterocycles. The number of aromatic nitrogens is 2. The van der Waals surface area contributed by atoms with E-state index in [9.17, 15) is 4.79 Å². The topological polar surface area (TPSA) is 59.0 Å². The number of halogens is 1. The molecule has 20 heavy (non-hydrogen) atoms. The molecule has 0 aliphatic rings. The minimum Gasteiger partial charge on any atom is -0.334 e. The van der Waals surface area contributed by atoms with Crippen LogP contribution < -0.4 is 10.6 Å². The highest BCUT2D eigenvalue weighted by atomic mass is 79.9. The van der Waals surface area contributed by atoms with E-state index in [1.165, 1.54) is 0 Å². The van der Waals surface area contributed by atoms with Gasteiger partial charge < -0.3 is 10.6 Å². The van der Waals surface area contributed by atoms with Crippen molar-refractivity contribution in [2.75, 3.05) is 0 Å². The van der Waals surface area contributed by atoms with Gasteiger partial charge in [-0.05, 0) is 24.1 Å². The highest BCUT2D eigenvalue weighted by Crippen LogP contribution is 2.20. The van der Waals surface area contributed by atoms with Crippen LogP contribution in [0.2, 0.25) is 0 Å². The Labute approximate surface area is 126 Å². The maximum atomic E-state index is 11.8. The van der Waals surface area contributed by atoms with Crippen LogP contribution in [0.5, 0.6) is 0 Å². The Bertz CT molecular complexity index is 609. The van der Waals surface area contributed by atoms with Gasteiger partial charge in [-0.3, -0.25) is 4.68 Å². The lowest BCUT2D eigenvalue weighted by molar-refractivity contribution is 0.240. The van der Waals surface area contributed by atoms with Crippen molar-refractivity contribution >= 4 is 22.0 Å². The maximum Gasteiger partial charge on any atom is 0.315 e. The zero-order valence-corrected chi connectivity index (χ0v) is 13.1. The van der Waals surface area contributed by atoms with E-state index in [1.54, 1.807) is 10.9 Å². The quantitative estimate of drug-likeness (QED) is 0.901. The summed E-state index contributed by atoms with van der Waals surface area (Å²) in [6, 6.07) is 7.66. The first-order valence-corrected chi connectivity index (χ1v) is 7.10. The third-order valence-electron chi connectivity index (χ3n) is 3.06. The fourth-order valence-electron chi connectivity index (χ4n) is 1.83. The third kappa shape index (κ3) is 3.60. The van der Waals surface area contributed by atoms with Crippen molar-refractivity contribution in [3.8, 4) is 0 Å². The number of benzene rings is 1. The van der Waals surface area contributed by atoms with Gasteiger partial charge in [0.1, 0.15) is 0 Å². The van der Waals surface area contributed by atoms with Crippen LogP contribution in [-0.2, 0) is 20.1 Å². The number of carbonyl (C=O) groups excluding carboxylic acids is 1. The first-order valence-electron chi connectivity index (χ1n) is 6.30. The van der Waals surface area contributed by atoms with Crippen LogP contribution in [0, 0.1) is 6.92 Å². The van der Waals surface area contributed by atoms with E-state index in [4.69, 9.17) is 0 Å². The highest BCUT2D eigenvalue weighted by molar-refractivity contribution is 9.10. The maximum absolute atomic E-state index is 11.8. The minimum atomic E-state index is -0.195. The number of nitrogens with zero attached hydrogens (tertiary/aromatic N) is 2. The fourth-order valence-corrected chi connectivity index (χ4v) is 2.23. The molecule has 0 radical (unpaired) electrons. The largest absolute Gasteiger partial charge is 0.334 e. The zero-order valence-electron chi connectivity index (χ0n) is 11.5. The molecule has 2 rings (SSSR count). The molecular weight excluding hydrogens is 320 g/mol. The van der Waals surface area contributed by atoms with Crippen molar-refractivity contribution < 1.29 is 4.79 Å². The van der Waals surface area contributed by atoms with E-state index in [0.717, 1.165) is 21.3 Å². The van der Waals surface area contributed by atoms with Gasteiger partial charge in [0.15, 0.2) is 0 Å². The number of amides is 2. The molecule has 5 nitrogen and oxygen atoms in total. The molecule has 0 saturated carbocycles. The van der Waals surface area contributed by atoms with Crippen molar-refractivity contribution in [2.45, 2.75) is 20.0 Å². The number of rotatable bonds is 4. The molecule has 0 bridgehead atoms. The average molecular weight is 337 g/mol. The summed E-state index contributed by atoms with van der Waals surface area (Å²) in [5.41, 5.74) is 3.16. The van der Waals surface area contributed by atoms with Crippen LogP contribution in [0.25, 0.3) is 0 Å². The van der Waals surface area contributed by atoms with E-state index in [2.05, 4.69) is 31.7 Å².